The number of aryl methyl sites for hydroxylation is 1. The Morgan fingerprint density at radius 2 is 2.06 bits per heavy atom. The van der Waals surface area contributed by atoms with Gasteiger partial charge >= 0.3 is 6.18 Å². The lowest BCUT2D eigenvalue weighted by Crippen LogP contribution is -2.41. The zero-order chi connectivity index (χ0) is 24.5. The Morgan fingerprint density at radius 1 is 1.26 bits per heavy atom. The smallest absolute Gasteiger partial charge is 0.433 e. The van der Waals surface area contributed by atoms with E-state index >= 15 is 0 Å². The Hall–Kier alpha value is -3.30. The Kier molecular flexibility index (Phi) is 6.67. The fourth-order valence-corrected chi connectivity index (χ4v) is 3.82. The lowest BCUT2D eigenvalue weighted by molar-refractivity contribution is -0.141. The topological polar surface area (TPSA) is 76.4 Å². The van der Waals surface area contributed by atoms with Crippen LogP contribution in [-0.4, -0.2) is 26.7 Å². The Balaban J connectivity index is 1.30. The molecular formula is C24H21ClF3N3O3. The molecular weight excluding hydrogens is 471 g/mol. The second-order valence-electron chi connectivity index (χ2n) is 7.95. The molecule has 1 aliphatic rings. The summed E-state index contributed by atoms with van der Waals surface area (Å²) in [6.07, 6.45) is -0.955. The quantitative estimate of drug-likeness (QED) is 0.501. The molecule has 6 nitrogen and oxygen atoms in total. The van der Waals surface area contributed by atoms with Crippen LogP contribution in [0.2, 0.25) is 5.02 Å². The van der Waals surface area contributed by atoms with Crippen LogP contribution in [0.15, 0.2) is 67.3 Å². The number of hydrogen-bond acceptors (Lipinski definition) is 4. The van der Waals surface area contributed by atoms with Gasteiger partial charge in [0, 0.05) is 65.4 Å². The van der Waals surface area contributed by atoms with E-state index in [1.165, 1.54) is 12.3 Å². The highest BCUT2D eigenvalue weighted by atomic mass is 35.5. The standard InChI is InChI=1S/C24H21ClF3N3O3/c1-14(30-23(33)21-11-19(32)18-10-17(25)3-4-20(18)34-21)6-8-31-9-7-16(13-31)15-2-5-22(29-12-15)24(26,27)28/h2-5,7,9-10,12-13,19,21,32H,1,6,8,11H2,(H,30,33)/t19-,21+/m1/s1. The molecule has 0 aliphatic carbocycles. The maximum absolute atomic E-state index is 12.7. The minimum absolute atomic E-state index is 0.0918. The van der Waals surface area contributed by atoms with Crippen molar-refractivity contribution in [2.75, 3.05) is 0 Å². The van der Waals surface area contributed by atoms with Crippen molar-refractivity contribution in [2.45, 2.75) is 37.8 Å². The van der Waals surface area contributed by atoms with Crippen LogP contribution in [0.25, 0.3) is 11.1 Å². The first-order valence-corrected chi connectivity index (χ1v) is 10.8. The third-order valence-corrected chi connectivity index (χ3v) is 5.67. The van der Waals surface area contributed by atoms with Gasteiger partial charge in [0.2, 0.25) is 0 Å². The van der Waals surface area contributed by atoms with Gasteiger partial charge in [-0.25, -0.2) is 0 Å². The first-order chi connectivity index (χ1) is 16.1. The summed E-state index contributed by atoms with van der Waals surface area (Å²) in [5.74, 6) is 0.000197. The summed E-state index contributed by atoms with van der Waals surface area (Å²) in [4.78, 5) is 16.1. The maximum Gasteiger partial charge on any atom is 0.433 e. The van der Waals surface area contributed by atoms with Gasteiger partial charge in [-0.05, 0) is 30.3 Å². The van der Waals surface area contributed by atoms with Gasteiger partial charge in [0.1, 0.15) is 11.4 Å². The molecule has 34 heavy (non-hydrogen) atoms. The predicted molar refractivity (Wildman–Crippen MR) is 120 cm³/mol. The van der Waals surface area contributed by atoms with E-state index in [9.17, 15) is 23.1 Å². The number of amides is 1. The Bertz CT molecular complexity index is 1210. The van der Waals surface area contributed by atoms with Crippen LogP contribution in [-0.2, 0) is 17.5 Å². The number of nitrogens with one attached hydrogen (secondary N) is 1. The lowest BCUT2D eigenvalue weighted by atomic mass is 9.98. The molecule has 0 spiro atoms. The number of alkyl halides is 3. The van der Waals surface area contributed by atoms with Crippen molar-refractivity contribution in [3.63, 3.8) is 0 Å². The van der Waals surface area contributed by atoms with Crippen molar-refractivity contribution in [3.05, 3.63) is 83.5 Å². The fourth-order valence-electron chi connectivity index (χ4n) is 3.64. The van der Waals surface area contributed by atoms with Crippen LogP contribution in [0.5, 0.6) is 5.75 Å². The molecule has 0 bridgehead atoms. The number of hydrogen-bond donors (Lipinski definition) is 2. The fraction of sp³-hybridized carbons (Fsp3) is 0.250. The van der Waals surface area contributed by atoms with Crippen molar-refractivity contribution in [2.24, 2.45) is 0 Å². The summed E-state index contributed by atoms with van der Waals surface area (Å²) in [5.41, 5.74) is 1.36. The van der Waals surface area contributed by atoms with Crippen LogP contribution in [0.3, 0.4) is 0 Å². The van der Waals surface area contributed by atoms with E-state index in [1.54, 1.807) is 36.7 Å². The van der Waals surface area contributed by atoms with Crippen molar-refractivity contribution >= 4 is 17.5 Å². The number of aliphatic hydroxyl groups is 1. The molecule has 0 saturated heterocycles. The molecule has 1 aromatic carbocycles. The minimum Gasteiger partial charge on any atom is -0.480 e. The molecule has 2 aromatic heterocycles. The molecule has 3 aromatic rings. The molecule has 1 amide bonds. The van der Waals surface area contributed by atoms with Crippen LogP contribution in [0.1, 0.15) is 30.2 Å². The van der Waals surface area contributed by atoms with Gasteiger partial charge in [-0.1, -0.05) is 24.2 Å². The van der Waals surface area contributed by atoms with Crippen LogP contribution in [0.4, 0.5) is 13.2 Å². The van der Waals surface area contributed by atoms with Gasteiger partial charge in [0.15, 0.2) is 6.10 Å². The number of rotatable bonds is 6. The monoisotopic (exact) mass is 491 g/mol. The average Bonchev–Trinajstić information content (AvgIpc) is 3.26. The summed E-state index contributed by atoms with van der Waals surface area (Å²) >= 11 is 5.95. The molecule has 0 saturated carbocycles. The van der Waals surface area contributed by atoms with Gasteiger partial charge < -0.3 is 19.7 Å². The predicted octanol–water partition coefficient (Wildman–Crippen LogP) is 5.13. The van der Waals surface area contributed by atoms with E-state index in [4.69, 9.17) is 16.3 Å². The molecule has 0 radical (unpaired) electrons. The van der Waals surface area contributed by atoms with Crippen LogP contribution in [0, 0.1) is 0 Å². The number of pyridine rings is 1. The van der Waals surface area contributed by atoms with Gasteiger partial charge in [0.25, 0.3) is 5.91 Å². The number of benzene rings is 1. The van der Waals surface area contributed by atoms with E-state index in [0.29, 0.717) is 40.6 Å². The maximum atomic E-state index is 12.7. The van der Waals surface area contributed by atoms with Gasteiger partial charge in [-0.15, -0.1) is 0 Å². The zero-order valence-corrected chi connectivity index (χ0v) is 18.6. The van der Waals surface area contributed by atoms with E-state index in [2.05, 4.69) is 16.9 Å². The SMILES string of the molecule is C=C(CCn1ccc(-c2ccc(C(F)(F)F)nc2)c1)NC(=O)[C@@H]1C[C@@H](O)c2cc(Cl)ccc2O1. The Morgan fingerprint density at radius 3 is 2.76 bits per heavy atom. The Labute approximate surface area is 198 Å². The van der Waals surface area contributed by atoms with Gasteiger partial charge in [-0.2, -0.15) is 13.2 Å². The van der Waals surface area contributed by atoms with Crippen molar-refractivity contribution in [3.8, 4) is 16.9 Å². The highest BCUT2D eigenvalue weighted by Crippen LogP contribution is 2.36. The summed E-state index contributed by atoms with van der Waals surface area (Å²) in [5, 5.41) is 13.5. The molecule has 2 atom stereocenters. The van der Waals surface area contributed by atoms with E-state index in [1.807, 2.05) is 4.57 Å². The second-order valence-corrected chi connectivity index (χ2v) is 8.39. The number of fused-ring (bicyclic) bond motifs is 1. The van der Waals surface area contributed by atoms with Gasteiger partial charge in [-0.3, -0.25) is 9.78 Å². The highest BCUT2D eigenvalue weighted by molar-refractivity contribution is 6.30. The molecule has 0 unspecified atom stereocenters. The van der Waals surface area contributed by atoms with Crippen molar-refractivity contribution < 1.29 is 27.8 Å². The summed E-state index contributed by atoms with van der Waals surface area (Å²) in [6, 6.07) is 8.94. The van der Waals surface area contributed by atoms with Crippen LogP contribution >= 0.6 is 11.6 Å². The first kappa shape index (κ1) is 23.8. The van der Waals surface area contributed by atoms with E-state index in [0.717, 1.165) is 11.6 Å². The van der Waals surface area contributed by atoms with Crippen molar-refractivity contribution in [1.29, 1.82) is 0 Å². The van der Waals surface area contributed by atoms with Gasteiger partial charge in [0.05, 0.1) is 6.10 Å². The molecule has 2 N–H and O–H groups in total. The number of nitrogens with zero attached hydrogens (tertiary/aromatic N) is 2. The number of halogens is 4. The minimum atomic E-state index is -4.48. The van der Waals surface area contributed by atoms with E-state index in [-0.39, 0.29) is 6.42 Å². The first-order valence-electron chi connectivity index (χ1n) is 10.4. The number of aromatic nitrogens is 2. The number of carbonyl (C=O) groups is 1. The molecule has 178 valence electrons. The average molecular weight is 492 g/mol. The third-order valence-electron chi connectivity index (χ3n) is 5.44. The zero-order valence-electron chi connectivity index (χ0n) is 17.8. The molecule has 4 rings (SSSR count). The van der Waals surface area contributed by atoms with Crippen LogP contribution < -0.4 is 10.1 Å². The number of carbonyl (C=O) groups excluding carboxylic acids is 1. The lowest BCUT2D eigenvalue weighted by Gasteiger charge is -2.29. The largest absolute Gasteiger partial charge is 0.480 e. The summed E-state index contributed by atoms with van der Waals surface area (Å²) < 4.78 is 45.6. The molecule has 10 heteroatoms. The van der Waals surface area contributed by atoms with E-state index < -0.39 is 30.0 Å². The normalized spacial score (nSPS) is 17.6. The number of aliphatic hydroxyl groups excluding tert-OH is 1. The molecule has 1 aliphatic heterocycles. The number of allylic oxidation sites excluding steroid dienone is 1. The number of ether oxygens (including phenoxy) is 1. The molecule has 0 fully saturated rings. The third kappa shape index (κ3) is 5.43. The second kappa shape index (κ2) is 9.52. The summed E-state index contributed by atoms with van der Waals surface area (Å²) in [6.45, 7) is 4.37. The van der Waals surface area contributed by atoms with Crippen molar-refractivity contribution in [1.82, 2.24) is 14.9 Å². The highest BCUT2D eigenvalue weighted by Gasteiger charge is 2.33. The summed E-state index contributed by atoms with van der Waals surface area (Å²) in [7, 11) is 0. The molecule has 3 heterocycles.